The number of aliphatic hydroxyl groups excluding tert-OH is 2. The van der Waals surface area contributed by atoms with Crippen molar-refractivity contribution in [3.8, 4) is 17.2 Å². The van der Waals surface area contributed by atoms with Crippen LogP contribution in [0.25, 0.3) is 10.9 Å². The van der Waals surface area contributed by atoms with Crippen LogP contribution >= 0.6 is 0 Å². The number of fused-ring (bicyclic) bond motifs is 3. The lowest BCUT2D eigenvalue weighted by Crippen LogP contribution is -2.69. The predicted octanol–water partition coefficient (Wildman–Crippen LogP) is 8.90. The van der Waals surface area contributed by atoms with Crippen LogP contribution in [0.3, 0.4) is 0 Å². The topological polar surface area (TPSA) is 200 Å². The standard InChI is InChI=1S/C51H54N4O11S/c1-3-27-63-51-47(54(2)67(61,62)46-17-9-13-36-14-10-24-52-50(36)46)31-44(53-64-33-34-18-20-38(21-19-34)55(59)60)42-29-37(12-4-6-25-56)41(16-5-7-26-57)48(49(42)51)43-30-40(22-23-45(43)66-51)65-39-15-8-11-35(28-39)32-58/h3,8-11,13-15,17-24,28-30,32,37,41,47-49,56-57H,1,4-7,12,16,25-27,31,33H2,2H3. The highest BCUT2D eigenvalue weighted by Crippen LogP contribution is 2.62. The van der Waals surface area contributed by atoms with E-state index in [1.54, 1.807) is 79.0 Å². The number of aromatic nitrogens is 1. The SMILES string of the molecule is C=CCOC12Oc3ccc(Oc4cccc(C=O)c4)cc3C3C(CCCCO)C(CCCCO)C=C(C(=NOCc4ccc([N+](=O)[O-])cc4)CC1N(C)S(=O)(=O)c1cccc4cccnc14)C32. The number of ether oxygens (including phenoxy) is 3. The van der Waals surface area contributed by atoms with E-state index in [4.69, 9.17) is 24.2 Å². The Bertz CT molecular complexity index is 2780. The summed E-state index contributed by atoms with van der Waals surface area (Å²) in [6, 6.07) is 25.9. The lowest BCUT2D eigenvalue weighted by Gasteiger charge is -2.59. The Kier molecular flexibility index (Phi) is 14.6. The Morgan fingerprint density at radius 3 is 2.46 bits per heavy atom. The number of likely N-dealkylation sites (N-methyl/N-ethyl adjacent to an activating group) is 1. The third-order valence-corrected chi connectivity index (χ3v) is 15.0. The van der Waals surface area contributed by atoms with E-state index in [-0.39, 0.29) is 55.3 Å². The number of benzene rings is 4. The molecule has 6 unspecified atom stereocenters. The minimum absolute atomic E-state index is 0.00145. The summed E-state index contributed by atoms with van der Waals surface area (Å²) in [6.45, 7) is 3.99. The van der Waals surface area contributed by atoms with Gasteiger partial charge in [-0.05, 0) is 103 Å². The van der Waals surface area contributed by atoms with Gasteiger partial charge in [-0.2, -0.15) is 4.31 Å². The molecule has 0 spiro atoms. The number of hydrogen-bond acceptors (Lipinski definition) is 13. The van der Waals surface area contributed by atoms with Crippen molar-refractivity contribution < 1.29 is 47.4 Å². The van der Waals surface area contributed by atoms with Gasteiger partial charge in [0.2, 0.25) is 15.8 Å². The number of non-ortho nitro benzene ring substituents is 1. The van der Waals surface area contributed by atoms with Gasteiger partial charge >= 0.3 is 0 Å². The van der Waals surface area contributed by atoms with Gasteiger partial charge in [-0.15, -0.1) is 6.58 Å². The van der Waals surface area contributed by atoms with Crippen molar-refractivity contribution in [2.24, 2.45) is 22.9 Å². The third-order valence-electron chi connectivity index (χ3n) is 13.1. The fraction of sp³-hybridized carbons (Fsp3) is 0.353. The maximum Gasteiger partial charge on any atom is 0.269 e. The minimum Gasteiger partial charge on any atom is -0.460 e. The largest absolute Gasteiger partial charge is 0.460 e. The zero-order valence-electron chi connectivity index (χ0n) is 37.2. The summed E-state index contributed by atoms with van der Waals surface area (Å²) in [7, 11) is -2.85. The van der Waals surface area contributed by atoms with Gasteiger partial charge in [-0.1, -0.05) is 60.5 Å². The summed E-state index contributed by atoms with van der Waals surface area (Å²) in [5, 5.41) is 36.8. The molecule has 6 atom stereocenters. The van der Waals surface area contributed by atoms with Crippen molar-refractivity contribution in [1.82, 2.24) is 9.29 Å². The van der Waals surface area contributed by atoms with Gasteiger partial charge in [0.05, 0.1) is 34.7 Å². The maximum atomic E-state index is 15.2. The first-order chi connectivity index (χ1) is 32.5. The van der Waals surface area contributed by atoms with Crippen molar-refractivity contribution in [3.05, 3.63) is 154 Å². The molecule has 5 aromatic rings. The number of allylic oxidation sites excluding steroid dienone is 1. The Morgan fingerprint density at radius 2 is 1.72 bits per heavy atom. The number of aldehydes is 1. The van der Waals surface area contributed by atoms with Crippen LogP contribution in [0.15, 0.2) is 138 Å². The maximum absolute atomic E-state index is 15.2. The molecule has 1 aromatic heterocycles. The number of para-hydroxylation sites is 1. The van der Waals surface area contributed by atoms with Crippen molar-refractivity contribution >= 4 is 38.6 Å². The number of aliphatic hydroxyl groups is 2. The van der Waals surface area contributed by atoms with Crippen molar-refractivity contribution in [3.63, 3.8) is 0 Å². The number of rotatable bonds is 21. The number of unbranched alkanes of at least 4 members (excludes halogenated alkanes) is 2. The van der Waals surface area contributed by atoms with E-state index >= 15 is 8.42 Å². The fourth-order valence-corrected chi connectivity index (χ4v) is 11.6. The summed E-state index contributed by atoms with van der Waals surface area (Å²) in [6.07, 6.45) is 10.1. The van der Waals surface area contributed by atoms with Crippen LogP contribution in [-0.4, -0.2) is 83.5 Å². The van der Waals surface area contributed by atoms with Gasteiger partial charge in [0.1, 0.15) is 35.0 Å². The number of nitrogens with zero attached hydrogens (tertiary/aromatic N) is 4. The van der Waals surface area contributed by atoms with Crippen LogP contribution in [0.2, 0.25) is 0 Å². The minimum atomic E-state index is -4.36. The van der Waals surface area contributed by atoms with Gasteiger partial charge < -0.3 is 29.3 Å². The summed E-state index contributed by atoms with van der Waals surface area (Å²) < 4.78 is 52.5. The average Bonchev–Trinajstić information content (AvgIpc) is 3.34. The van der Waals surface area contributed by atoms with E-state index in [1.165, 1.54) is 29.6 Å². The smallest absolute Gasteiger partial charge is 0.269 e. The highest BCUT2D eigenvalue weighted by molar-refractivity contribution is 7.89. The number of carbonyl (C=O) groups is 1. The van der Waals surface area contributed by atoms with E-state index in [9.17, 15) is 25.1 Å². The molecule has 2 aliphatic carbocycles. The highest BCUT2D eigenvalue weighted by atomic mass is 32.2. The molecule has 350 valence electrons. The lowest BCUT2D eigenvalue weighted by molar-refractivity contribution is -0.384. The molecule has 67 heavy (non-hydrogen) atoms. The molecule has 2 heterocycles. The van der Waals surface area contributed by atoms with Gasteiger partial charge in [-0.25, -0.2) is 8.42 Å². The van der Waals surface area contributed by atoms with Crippen LogP contribution in [0.1, 0.15) is 72.3 Å². The Morgan fingerprint density at radius 1 is 0.970 bits per heavy atom. The molecule has 8 rings (SSSR count). The van der Waals surface area contributed by atoms with Crippen molar-refractivity contribution in [1.29, 1.82) is 0 Å². The third kappa shape index (κ3) is 9.63. The number of nitro benzene ring substituents is 1. The summed E-state index contributed by atoms with van der Waals surface area (Å²) in [4.78, 5) is 33.2. The van der Waals surface area contributed by atoms with Crippen molar-refractivity contribution in [2.45, 2.75) is 74.2 Å². The molecule has 0 amide bonds. The second-order valence-electron chi connectivity index (χ2n) is 17.1. The molecule has 4 aromatic carbocycles. The van der Waals surface area contributed by atoms with Crippen LogP contribution in [0, 0.1) is 27.9 Å². The van der Waals surface area contributed by atoms with Crippen LogP contribution in [0.4, 0.5) is 5.69 Å². The molecule has 2 N–H and O–H groups in total. The number of pyridine rings is 1. The van der Waals surface area contributed by atoms with E-state index in [0.717, 1.165) is 23.8 Å². The predicted molar refractivity (Wildman–Crippen MR) is 251 cm³/mol. The van der Waals surface area contributed by atoms with Gasteiger partial charge in [-0.3, -0.25) is 19.9 Å². The monoisotopic (exact) mass is 930 g/mol. The normalized spacial score (nSPS) is 22.6. The molecular formula is C51H54N4O11S. The zero-order valence-corrected chi connectivity index (χ0v) is 38.0. The molecular weight excluding hydrogens is 877 g/mol. The van der Waals surface area contributed by atoms with E-state index in [1.807, 2.05) is 12.1 Å². The first-order valence-corrected chi connectivity index (χ1v) is 24.0. The van der Waals surface area contributed by atoms with E-state index < -0.39 is 38.6 Å². The second-order valence-corrected chi connectivity index (χ2v) is 19.1. The van der Waals surface area contributed by atoms with Crippen LogP contribution in [0.5, 0.6) is 17.2 Å². The van der Waals surface area contributed by atoms with E-state index in [0.29, 0.717) is 77.1 Å². The average molecular weight is 931 g/mol. The molecule has 16 heteroatoms. The zero-order chi connectivity index (χ0) is 47.1. The van der Waals surface area contributed by atoms with Crippen LogP contribution < -0.4 is 9.47 Å². The number of nitro groups is 1. The Hall–Kier alpha value is -6.30. The second kappa shape index (κ2) is 20.7. The first kappa shape index (κ1) is 47.2. The van der Waals surface area contributed by atoms with Crippen molar-refractivity contribution in [2.75, 3.05) is 26.9 Å². The highest BCUT2D eigenvalue weighted by Gasteiger charge is 2.65. The molecule has 1 aliphatic heterocycles. The van der Waals surface area contributed by atoms with Crippen LogP contribution in [-0.2, 0) is 26.2 Å². The first-order valence-electron chi connectivity index (χ1n) is 22.5. The molecule has 3 aliphatic rings. The number of oxime groups is 1. The molecule has 0 bridgehead atoms. The van der Waals surface area contributed by atoms with Gasteiger partial charge in [0, 0.05) is 67.4 Å². The molecule has 15 nitrogen and oxygen atoms in total. The van der Waals surface area contributed by atoms with Gasteiger partial charge in [0.15, 0.2) is 0 Å². The summed E-state index contributed by atoms with van der Waals surface area (Å²) in [5.41, 5.74) is 3.37. The number of carbonyl (C=O) groups excluding carboxylic acids is 1. The molecule has 0 radical (unpaired) electrons. The summed E-state index contributed by atoms with van der Waals surface area (Å²) in [5.74, 6) is -1.55. The lowest BCUT2D eigenvalue weighted by atomic mass is 9.55. The number of sulfonamides is 1. The van der Waals surface area contributed by atoms with E-state index in [2.05, 4.69) is 17.6 Å². The quantitative estimate of drug-likeness (QED) is 0.0233. The molecule has 1 fully saturated rings. The fourth-order valence-electron chi connectivity index (χ4n) is 10.1. The Labute approximate surface area is 389 Å². The summed E-state index contributed by atoms with van der Waals surface area (Å²) >= 11 is 0. The molecule has 1 saturated carbocycles. The number of hydrogen-bond donors (Lipinski definition) is 2. The van der Waals surface area contributed by atoms with Gasteiger partial charge in [0.25, 0.3) is 5.69 Å². The Balaban J connectivity index is 1.33. The molecule has 0 saturated heterocycles.